The summed E-state index contributed by atoms with van der Waals surface area (Å²) in [6, 6.07) is 48.6. The molecule has 1 aliphatic rings. The van der Waals surface area contributed by atoms with Crippen LogP contribution in [0.3, 0.4) is 0 Å². The first-order valence-electron chi connectivity index (χ1n) is 15.3. The van der Waals surface area contributed by atoms with E-state index in [4.69, 9.17) is 4.74 Å². The van der Waals surface area contributed by atoms with Crippen LogP contribution in [0.5, 0.6) is 5.75 Å². The SMILES string of the molecule is Cc1cc(-c2c(-c3cccc4ccccc34)ccc3c2Cc2cc(-c4cccc5ccccc45)ccc2-3)ccc1OCCO. The first-order valence-corrected chi connectivity index (χ1v) is 15.3. The Morgan fingerprint density at radius 3 is 1.95 bits per heavy atom. The van der Waals surface area contributed by atoms with Gasteiger partial charge < -0.3 is 9.84 Å². The minimum absolute atomic E-state index is 0.00234. The third kappa shape index (κ3) is 4.38. The number of aliphatic hydroxyl groups is 1. The van der Waals surface area contributed by atoms with Crippen LogP contribution in [0.2, 0.25) is 0 Å². The van der Waals surface area contributed by atoms with E-state index in [0.29, 0.717) is 0 Å². The number of rotatable bonds is 6. The van der Waals surface area contributed by atoms with Gasteiger partial charge in [-0.15, -0.1) is 0 Å². The summed E-state index contributed by atoms with van der Waals surface area (Å²) in [4.78, 5) is 0. The Bertz CT molecular complexity index is 2200. The van der Waals surface area contributed by atoms with Crippen LogP contribution in [0.25, 0.3) is 66.1 Å². The Labute approximate surface area is 257 Å². The molecule has 0 bridgehead atoms. The molecule has 0 heterocycles. The fourth-order valence-corrected chi connectivity index (χ4v) is 7.06. The van der Waals surface area contributed by atoms with Crippen molar-refractivity contribution in [2.75, 3.05) is 13.2 Å². The summed E-state index contributed by atoms with van der Waals surface area (Å²) in [5, 5.41) is 14.3. The van der Waals surface area contributed by atoms with E-state index in [1.807, 2.05) is 6.07 Å². The molecule has 1 N–H and O–H groups in total. The van der Waals surface area contributed by atoms with Gasteiger partial charge in [-0.05, 0) is 108 Å². The predicted octanol–water partition coefficient (Wildman–Crippen LogP) is 10.2. The third-order valence-electron chi connectivity index (χ3n) is 9.07. The standard InChI is InChI=1S/C42H32O2/c1-27-24-31(17-21-41(27)44-23-22-43)42-39(37-15-7-11-29-9-3-5-13-34(29)37)20-19-38-36-18-16-30(25-32(36)26-40(38)42)35-14-6-10-28-8-2-4-12-33(28)35/h2-21,24-25,43H,22-23,26H2,1H3. The fourth-order valence-electron chi connectivity index (χ4n) is 7.06. The van der Waals surface area contributed by atoms with E-state index in [2.05, 4.69) is 134 Å². The largest absolute Gasteiger partial charge is 0.491 e. The van der Waals surface area contributed by atoms with E-state index in [9.17, 15) is 5.11 Å². The zero-order valence-corrected chi connectivity index (χ0v) is 24.7. The van der Waals surface area contributed by atoms with Crippen LogP contribution in [0.4, 0.5) is 0 Å². The van der Waals surface area contributed by atoms with E-state index in [1.165, 1.54) is 77.2 Å². The van der Waals surface area contributed by atoms with Gasteiger partial charge in [0.2, 0.25) is 0 Å². The summed E-state index contributed by atoms with van der Waals surface area (Å²) in [6.07, 6.45) is 0.874. The van der Waals surface area contributed by atoms with Crippen LogP contribution in [-0.2, 0) is 6.42 Å². The van der Waals surface area contributed by atoms with Gasteiger partial charge in [0.15, 0.2) is 0 Å². The van der Waals surface area contributed by atoms with Crippen molar-refractivity contribution >= 4 is 21.5 Å². The molecule has 212 valence electrons. The zero-order chi connectivity index (χ0) is 29.6. The molecule has 0 aliphatic heterocycles. The van der Waals surface area contributed by atoms with Gasteiger partial charge in [-0.25, -0.2) is 0 Å². The molecule has 2 heteroatoms. The van der Waals surface area contributed by atoms with Gasteiger partial charge in [0, 0.05) is 0 Å². The summed E-state index contributed by atoms with van der Waals surface area (Å²) in [7, 11) is 0. The quantitative estimate of drug-likeness (QED) is 0.216. The normalized spacial score (nSPS) is 12.0. The predicted molar refractivity (Wildman–Crippen MR) is 183 cm³/mol. The molecule has 0 unspecified atom stereocenters. The number of ether oxygens (including phenoxy) is 1. The molecule has 0 amide bonds. The van der Waals surface area contributed by atoms with Crippen molar-refractivity contribution < 1.29 is 9.84 Å². The van der Waals surface area contributed by atoms with Crippen molar-refractivity contribution in [1.29, 1.82) is 0 Å². The highest BCUT2D eigenvalue weighted by Crippen LogP contribution is 2.48. The summed E-state index contributed by atoms with van der Waals surface area (Å²) in [5.74, 6) is 0.810. The average molecular weight is 569 g/mol. The van der Waals surface area contributed by atoms with Crippen molar-refractivity contribution in [3.05, 3.63) is 150 Å². The highest BCUT2D eigenvalue weighted by molar-refractivity contribution is 6.03. The number of hydrogen-bond acceptors (Lipinski definition) is 2. The number of benzene rings is 7. The maximum atomic E-state index is 9.31. The molecule has 44 heavy (non-hydrogen) atoms. The zero-order valence-electron chi connectivity index (χ0n) is 24.7. The van der Waals surface area contributed by atoms with Crippen LogP contribution in [0.1, 0.15) is 16.7 Å². The molecule has 0 atom stereocenters. The maximum Gasteiger partial charge on any atom is 0.122 e. The first-order chi connectivity index (χ1) is 21.7. The highest BCUT2D eigenvalue weighted by atomic mass is 16.5. The van der Waals surface area contributed by atoms with Crippen LogP contribution in [0.15, 0.2) is 133 Å². The van der Waals surface area contributed by atoms with Gasteiger partial charge in [-0.1, -0.05) is 121 Å². The van der Waals surface area contributed by atoms with E-state index in [-0.39, 0.29) is 13.2 Å². The smallest absolute Gasteiger partial charge is 0.122 e. The summed E-state index contributed by atoms with van der Waals surface area (Å²) < 4.78 is 5.83. The minimum atomic E-state index is -0.00234. The molecule has 7 aromatic carbocycles. The summed E-state index contributed by atoms with van der Waals surface area (Å²) in [5.41, 5.74) is 13.9. The lowest BCUT2D eigenvalue weighted by Crippen LogP contribution is -2.03. The molecule has 0 saturated heterocycles. The summed E-state index contributed by atoms with van der Waals surface area (Å²) in [6.45, 7) is 2.37. The van der Waals surface area contributed by atoms with Crippen LogP contribution < -0.4 is 4.74 Å². The molecule has 7 aromatic rings. The lowest BCUT2D eigenvalue weighted by atomic mass is 9.86. The van der Waals surface area contributed by atoms with Crippen molar-refractivity contribution in [3.63, 3.8) is 0 Å². The van der Waals surface area contributed by atoms with E-state index in [0.717, 1.165) is 17.7 Å². The van der Waals surface area contributed by atoms with Crippen LogP contribution in [-0.4, -0.2) is 18.3 Å². The van der Waals surface area contributed by atoms with Gasteiger partial charge in [-0.2, -0.15) is 0 Å². The first kappa shape index (κ1) is 26.4. The van der Waals surface area contributed by atoms with Gasteiger partial charge in [0.1, 0.15) is 12.4 Å². The van der Waals surface area contributed by atoms with Gasteiger partial charge in [0.05, 0.1) is 6.61 Å². The lowest BCUT2D eigenvalue weighted by molar-refractivity contribution is 0.200. The van der Waals surface area contributed by atoms with Crippen molar-refractivity contribution in [2.24, 2.45) is 0 Å². The molecule has 1 aliphatic carbocycles. The number of fused-ring (bicyclic) bond motifs is 5. The number of hydrogen-bond donors (Lipinski definition) is 1. The third-order valence-corrected chi connectivity index (χ3v) is 9.07. The maximum absolute atomic E-state index is 9.31. The molecule has 0 fully saturated rings. The average Bonchev–Trinajstić information content (AvgIpc) is 3.44. The molecule has 8 rings (SSSR count). The summed E-state index contributed by atoms with van der Waals surface area (Å²) >= 11 is 0. The molecular formula is C42H32O2. The Morgan fingerprint density at radius 2 is 1.20 bits per heavy atom. The molecule has 0 saturated carbocycles. The second-order valence-electron chi connectivity index (χ2n) is 11.7. The second-order valence-corrected chi connectivity index (χ2v) is 11.7. The topological polar surface area (TPSA) is 29.5 Å². The van der Waals surface area contributed by atoms with E-state index < -0.39 is 0 Å². The van der Waals surface area contributed by atoms with Gasteiger partial charge in [0.25, 0.3) is 0 Å². The monoisotopic (exact) mass is 568 g/mol. The van der Waals surface area contributed by atoms with Crippen molar-refractivity contribution in [1.82, 2.24) is 0 Å². The lowest BCUT2D eigenvalue weighted by Gasteiger charge is -2.18. The molecule has 2 nitrogen and oxygen atoms in total. The number of aliphatic hydroxyl groups excluding tert-OH is 1. The Hall–Kier alpha value is -5.18. The van der Waals surface area contributed by atoms with Gasteiger partial charge in [-0.3, -0.25) is 0 Å². The van der Waals surface area contributed by atoms with Crippen molar-refractivity contribution in [2.45, 2.75) is 13.3 Å². The molecule has 0 spiro atoms. The van der Waals surface area contributed by atoms with Gasteiger partial charge >= 0.3 is 0 Å². The highest BCUT2D eigenvalue weighted by Gasteiger charge is 2.26. The van der Waals surface area contributed by atoms with Crippen LogP contribution in [0, 0.1) is 6.92 Å². The number of aryl methyl sites for hydroxylation is 1. The van der Waals surface area contributed by atoms with E-state index >= 15 is 0 Å². The Morgan fingerprint density at radius 1 is 0.568 bits per heavy atom. The van der Waals surface area contributed by atoms with E-state index in [1.54, 1.807) is 0 Å². The minimum Gasteiger partial charge on any atom is -0.491 e. The van der Waals surface area contributed by atoms with Crippen molar-refractivity contribution in [3.8, 4) is 50.3 Å². The van der Waals surface area contributed by atoms with Crippen LogP contribution >= 0.6 is 0 Å². The molecular weight excluding hydrogens is 536 g/mol. The fraction of sp³-hybridized carbons (Fsp3) is 0.0952. The molecule has 0 radical (unpaired) electrons. The second kappa shape index (κ2) is 10.8. The Kier molecular flexibility index (Phi) is 6.51. The Balaban J connectivity index is 1.31. The molecule has 0 aromatic heterocycles.